The van der Waals surface area contributed by atoms with Gasteiger partial charge in [0.05, 0.1) is 6.61 Å². The van der Waals surface area contributed by atoms with Gasteiger partial charge in [-0.05, 0) is 75.2 Å². The molecule has 0 unspecified atom stereocenters. The van der Waals surface area contributed by atoms with Crippen molar-refractivity contribution in [2.75, 3.05) is 6.61 Å². The summed E-state index contributed by atoms with van der Waals surface area (Å²) in [4.78, 5) is 0. The number of fused-ring (bicyclic) bond motifs is 1. The second-order valence-electron chi connectivity index (χ2n) is 9.09. The fraction of sp³-hybridized carbons (Fsp3) is 0.750. The monoisotopic (exact) mass is 408 g/mol. The van der Waals surface area contributed by atoms with E-state index >= 15 is 0 Å². The number of benzene rings is 1. The van der Waals surface area contributed by atoms with E-state index < -0.39 is 6.29 Å². The lowest BCUT2D eigenvalue weighted by Gasteiger charge is -2.38. The number of hydrogen-bond donors (Lipinski definition) is 0. The Balaban J connectivity index is 1.40. The lowest BCUT2D eigenvalue weighted by atomic mass is 9.68. The number of rotatable bonds is 6. The van der Waals surface area contributed by atoms with Crippen LogP contribution < -0.4 is 14.2 Å². The highest BCUT2D eigenvalue weighted by atomic mass is 19.3. The third-order valence-corrected chi connectivity index (χ3v) is 7.31. The molecule has 1 heterocycles. The average Bonchev–Trinajstić information content (AvgIpc) is 3.05. The van der Waals surface area contributed by atoms with E-state index in [2.05, 4.69) is 6.92 Å². The van der Waals surface area contributed by atoms with Gasteiger partial charge in [0.15, 0.2) is 11.5 Å². The zero-order chi connectivity index (χ0) is 20.4. The molecule has 0 saturated heterocycles. The molecule has 29 heavy (non-hydrogen) atoms. The maximum absolute atomic E-state index is 13.8. The fourth-order valence-corrected chi connectivity index (χ4v) is 5.87. The highest BCUT2D eigenvalue weighted by Gasteiger charge is 2.47. The van der Waals surface area contributed by atoms with Crippen LogP contribution in [0.1, 0.15) is 89.5 Å². The van der Waals surface area contributed by atoms with Crippen molar-refractivity contribution in [1.82, 2.24) is 0 Å². The van der Waals surface area contributed by atoms with Crippen molar-refractivity contribution in [1.29, 1.82) is 0 Å². The van der Waals surface area contributed by atoms with E-state index in [9.17, 15) is 8.78 Å². The standard InChI is InChI=1S/C24H34F2O3/c1-3-5-16-6-8-17(9-7-16)18-10-12-19(13-11-18)20-14-15-21(27-4-2)23-22(20)28-24(25,26)29-23/h14-19H,3-13H2,1-2H3. The van der Waals surface area contributed by atoms with Crippen LogP contribution in [0.2, 0.25) is 0 Å². The summed E-state index contributed by atoms with van der Waals surface area (Å²) in [5.41, 5.74) is 0.853. The van der Waals surface area contributed by atoms with Crippen molar-refractivity contribution >= 4 is 0 Å². The topological polar surface area (TPSA) is 27.7 Å². The Labute approximate surface area is 173 Å². The van der Waals surface area contributed by atoms with Gasteiger partial charge in [0, 0.05) is 5.56 Å². The largest absolute Gasteiger partial charge is 0.586 e. The van der Waals surface area contributed by atoms with Crippen LogP contribution in [0.5, 0.6) is 17.2 Å². The Bertz CT molecular complexity index is 690. The molecule has 3 aliphatic rings. The SMILES string of the molecule is CCCC1CCC(C2CCC(c3ccc(OCC)c4c3OC(F)(F)O4)CC2)CC1. The van der Waals surface area contributed by atoms with Gasteiger partial charge in [0.2, 0.25) is 5.75 Å². The van der Waals surface area contributed by atoms with Gasteiger partial charge in [-0.25, -0.2) is 0 Å². The van der Waals surface area contributed by atoms with Gasteiger partial charge in [-0.2, -0.15) is 0 Å². The quantitative estimate of drug-likeness (QED) is 0.495. The number of hydrogen-bond acceptors (Lipinski definition) is 3. The van der Waals surface area contributed by atoms with Crippen molar-refractivity contribution in [2.24, 2.45) is 17.8 Å². The van der Waals surface area contributed by atoms with Crippen molar-refractivity contribution < 1.29 is 23.0 Å². The zero-order valence-electron chi connectivity index (χ0n) is 17.7. The third-order valence-electron chi connectivity index (χ3n) is 7.31. The van der Waals surface area contributed by atoms with Crippen LogP contribution in [0.25, 0.3) is 0 Å². The minimum atomic E-state index is -3.61. The predicted molar refractivity (Wildman–Crippen MR) is 109 cm³/mol. The van der Waals surface area contributed by atoms with Gasteiger partial charge in [-0.3, -0.25) is 0 Å². The van der Waals surface area contributed by atoms with E-state index in [1.807, 2.05) is 13.0 Å². The molecular weight excluding hydrogens is 374 g/mol. The van der Waals surface area contributed by atoms with Gasteiger partial charge in [0.1, 0.15) is 0 Å². The molecule has 1 aromatic rings. The van der Waals surface area contributed by atoms with Crippen LogP contribution in [0.3, 0.4) is 0 Å². The molecule has 2 fully saturated rings. The summed E-state index contributed by atoms with van der Waals surface area (Å²) >= 11 is 0. The molecule has 0 aromatic heterocycles. The smallest absolute Gasteiger partial charge is 0.490 e. The number of halogens is 2. The van der Waals surface area contributed by atoms with Crippen molar-refractivity contribution in [3.05, 3.63) is 17.7 Å². The van der Waals surface area contributed by atoms with Crippen molar-refractivity contribution in [2.45, 2.75) is 90.3 Å². The molecule has 0 radical (unpaired) electrons. The van der Waals surface area contributed by atoms with Crippen molar-refractivity contribution in [3.63, 3.8) is 0 Å². The predicted octanol–water partition coefficient (Wildman–Crippen LogP) is 7.29. The highest BCUT2D eigenvalue weighted by Crippen LogP contribution is 2.54. The summed E-state index contributed by atoms with van der Waals surface area (Å²) < 4.78 is 42.7. The summed E-state index contributed by atoms with van der Waals surface area (Å²) in [5.74, 6) is 3.43. The summed E-state index contributed by atoms with van der Waals surface area (Å²) in [7, 11) is 0. The number of ether oxygens (including phenoxy) is 3. The minimum Gasteiger partial charge on any atom is -0.490 e. The van der Waals surface area contributed by atoms with Crippen LogP contribution in [0.4, 0.5) is 8.78 Å². The second-order valence-corrected chi connectivity index (χ2v) is 9.09. The first-order valence-corrected chi connectivity index (χ1v) is 11.6. The zero-order valence-corrected chi connectivity index (χ0v) is 17.7. The second kappa shape index (κ2) is 8.69. The highest BCUT2D eigenvalue weighted by molar-refractivity contribution is 5.58. The molecule has 162 valence electrons. The lowest BCUT2D eigenvalue weighted by Crippen LogP contribution is -2.27. The lowest BCUT2D eigenvalue weighted by molar-refractivity contribution is -0.287. The van der Waals surface area contributed by atoms with Gasteiger partial charge in [0.25, 0.3) is 0 Å². The van der Waals surface area contributed by atoms with E-state index in [1.54, 1.807) is 6.07 Å². The molecule has 1 aliphatic heterocycles. The molecular formula is C24H34F2O3. The van der Waals surface area contributed by atoms with Gasteiger partial charge in [-0.1, -0.05) is 38.7 Å². The Morgan fingerprint density at radius 2 is 1.52 bits per heavy atom. The van der Waals surface area contributed by atoms with Crippen LogP contribution in [0, 0.1) is 17.8 Å². The van der Waals surface area contributed by atoms with Crippen LogP contribution >= 0.6 is 0 Å². The third kappa shape index (κ3) is 4.49. The molecule has 0 N–H and O–H groups in total. The summed E-state index contributed by atoms with van der Waals surface area (Å²) in [5, 5.41) is 0. The minimum absolute atomic E-state index is 0.0609. The van der Waals surface area contributed by atoms with Crippen LogP contribution in [0.15, 0.2) is 12.1 Å². The molecule has 1 aromatic carbocycles. The maximum Gasteiger partial charge on any atom is 0.586 e. The molecule has 0 atom stereocenters. The van der Waals surface area contributed by atoms with Gasteiger partial charge in [-0.15, -0.1) is 8.78 Å². The first-order valence-electron chi connectivity index (χ1n) is 11.6. The maximum atomic E-state index is 13.8. The molecule has 0 spiro atoms. The van der Waals surface area contributed by atoms with Gasteiger partial charge < -0.3 is 14.2 Å². The van der Waals surface area contributed by atoms with E-state index in [4.69, 9.17) is 14.2 Å². The fourth-order valence-electron chi connectivity index (χ4n) is 5.87. The summed E-state index contributed by atoms with van der Waals surface area (Å²) in [6, 6.07) is 3.65. The first kappa shape index (κ1) is 20.7. The Morgan fingerprint density at radius 3 is 2.14 bits per heavy atom. The molecule has 4 rings (SSSR count). The Morgan fingerprint density at radius 1 is 0.897 bits per heavy atom. The first-order chi connectivity index (χ1) is 14.0. The van der Waals surface area contributed by atoms with E-state index in [-0.39, 0.29) is 17.4 Å². The van der Waals surface area contributed by atoms with Crippen LogP contribution in [-0.4, -0.2) is 12.9 Å². The van der Waals surface area contributed by atoms with Gasteiger partial charge >= 0.3 is 6.29 Å². The number of alkyl halides is 2. The van der Waals surface area contributed by atoms with E-state index in [1.165, 1.54) is 51.4 Å². The summed E-state index contributed by atoms with van der Waals surface area (Å²) in [6.07, 6.45) is 9.06. The Hall–Kier alpha value is -1.52. The van der Waals surface area contributed by atoms with Crippen molar-refractivity contribution in [3.8, 4) is 17.2 Å². The normalized spacial score (nSPS) is 30.9. The van der Waals surface area contributed by atoms with E-state index in [0.717, 1.165) is 36.2 Å². The Kier molecular flexibility index (Phi) is 6.21. The molecule has 2 saturated carbocycles. The molecule has 0 amide bonds. The molecule has 3 nitrogen and oxygen atoms in total. The molecule has 0 bridgehead atoms. The summed E-state index contributed by atoms with van der Waals surface area (Å²) in [6.45, 7) is 4.51. The molecule has 5 heteroatoms. The van der Waals surface area contributed by atoms with Crippen LogP contribution in [-0.2, 0) is 0 Å². The van der Waals surface area contributed by atoms with E-state index in [0.29, 0.717) is 12.4 Å². The average molecular weight is 409 g/mol. The molecule has 2 aliphatic carbocycles.